The molecule has 0 aliphatic carbocycles. The number of benzene rings is 1. The standard InChI is InChI=1S/C17H18N2O3/c1-22-14-7-4-12(5-8-14)15-3-2-10-19(15)17(21)13-6-9-16(20)18-11-13/h4-9,11,15H,2-3,10H2,1H3,(H,18,20)/t15-/m1/s1. The first-order valence-electron chi connectivity index (χ1n) is 7.32. The van der Waals surface area contributed by atoms with E-state index in [9.17, 15) is 9.59 Å². The molecule has 0 saturated carbocycles. The maximum absolute atomic E-state index is 12.6. The Morgan fingerprint density at radius 1 is 1.23 bits per heavy atom. The van der Waals surface area contributed by atoms with Crippen molar-refractivity contribution >= 4 is 5.91 Å². The molecule has 0 bridgehead atoms. The second-order valence-corrected chi connectivity index (χ2v) is 5.37. The van der Waals surface area contributed by atoms with E-state index < -0.39 is 0 Å². The predicted octanol–water partition coefficient (Wildman–Crippen LogP) is 2.36. The molecular weight excluding hydrogens is 280 g/mol. The molecule has 114 valence electrons. The smallest absolute Gasteiger partial charge is 0.255 e. The molecule has 1 N–H and O–H groups in total. The summed E-state index contributed by atoms with van der Waals surface area (Å²) < 4.78 is 5.17. The van der Waals surface area contributed by atoms with E-state index >= 15 is 0 Å². The number of aromatic amines is 1. The molecule has 1 atom stereocenters. The highest BCUT2D eigenvalue weighted by Gasteiger charge is 2.30. The summed E-state index contributed by atoms with van der Waals surface area (Å²) >= 11 is 0. The predicted molar refractivity (Wildman–Crippen MR) is 83.1 cm³/mol. The van der Waals surface area contributed by atoms with Gasteiger partial charge in [-0.05, 0) is 36.6 Å². The molecule has 5 heteroatoms. The van der Waals surface area contributed by atoms with Gasteiger partial charge in [0.05, 0.1) is 18.7 Å². The van der Waals surface area contributed by atoms with Gasteiger partial charge in [0.2, 0.25) is 5.56 Å². The van der Waals surface area contributed by atoms with Gasteiger partial charge in [0.15, 0.2) is 0 Å². The molecule has 1 amide bonds. The Kier molecular flexibility index (Phi) is 3.96. The van der Waals surface area contributed by atoms with Crippen LogP contribution in [0.15, 0.2) is 47.4 Å². The first kappa shape index (κ1) is 14.4. The maximum atomic E-state index is 12.6. The van der Waals surface area contributed by atoms with Gasteiger partial charge >= 0.3 is 0 Å². The second-order valence-electron chi connectivity index (χ2n) is 5.37. The van der Waals surface area contributed by atoms with Crippen LogP contribution in [0.4, 0.5) is 0 Å². The number of aromatic nitrogens is 1. The van der Waals surface area contributed by atoms with Crippen LogP contribution < -0.4 is 10.3 Å². The minimum absolute atomic E-state index is 0.0467. The van der Waals surface area contributed by atoms with Gasteiger partial charge in [-0.2, -0.15) is 0 Å². The van der Waals surface area contributed by atoms with E-state index in [0.717, 1.165) is 30.7 Å². The molecule has 1 aliphatic heterocycles. The highest BCUT2D eigenvalue weighted by atomic mass is 16.5. The molecule has 1 aromatic heterocycles. The van der Waals surface area contributed by atoms with Crippen molar-refractivity contribution in [3.05, 3.63) is 64.1 Å². The first-order valence-corrected chi connectivity index (χ1v) is 7.32. The third-order valence-corrected chi connectivity index (χ3v) is 4.05. The number of likely N-dealkylation sites (tertiary alicyclic amines) is 1. The molecule has 1 aromatic carbocycles. The number of rotatable bonds is 3. The fraction of sp³-hybridized carbons (Fsp3) is 0.294. The zero-order valence-electron chi connectivity index (χ0n) is 12.4. The number of carbonyl (C=O) groups is 1. The van der Waals surface area contributed by atoms with Gasteiger partial charge in [-0.25, -0.2) is 0 Å². The van der Waals surface area contributed by atoms with E-state index in [2.05, 4.69) is 4.98 Å². The van der Waals surface area contributed by atoms with E-state index in [0.29, 0.717) is 5.56 Å². The quantitative estimate of drug-likeness (QED) is 0.946. The van der Waals surface area contributed by atoms with Gasteiger partial charge in [-0.1, -0.05) is 12.1 Å². The average Bonchev–Trinajstić information content (AvgIpc) is 3.04. The lowest BCUT2D eigenvalue weighted by molar-refractivity contribution is 0.0735. The molecular formula is C17H18N2O3. The van der Waals surface area contributed by atoms with Crippen molar-refractivity contribution in [2.75, 3.05) is 13.7 Å². The highest BCUT2D eigenvalue weighted by molar-refractivity contribution is 5.94. The van der Waals surface area contributed by atoms with Crippen LogP contribution in [-0.2, 0) is 0 Å². The van der Waals surface area contributed by atoms with Gasteiger partial charge in [0, 0.05) is 18.8 Å². The van der Waals surface area contributed by atoms with E-state index in [-0.39, 0.29) is 17.5 Å². The third-order valence-electron chi connectivity index (χ3n) is 4.05. The van der Waals surface area contributed by atoms with Crippen molar-refractivity contribution in [3.8, 4) is 5.75 Å². The number of ether oxygens (including phenoxy) is 1. The topological polar surface area (TPSA) is 62.4 Å². The van der Waals surface area contributed by atoms with Crippen LogP contribution in [0.3, 0.4) is 0 Å². The Balaban J connectivity index is 1.84. The first-order chi connectivity index (χ1) is 10.7. The Morgan fingerprint density at radius 3 is 2.64 bits per heavy atom. The van der Waals surface area contributed by atoms with Gasteiger partial charge < -0.3 is 14.6 Å². The van der Waals surface area contributed by atoms with E-state index in [1.807, 2.05) is 29.2 Å². The minimum atomic E-state index is -0.204. The lowest BCUT2D eigenvalue weighted by atomic mass is 10.0. The van der Waals surface area contributed by atoms with Crippen LogP contribution in [0.5, 0.6) is 5.75 Å². The number of hydrogen-bond acceptors (Lipinski definition) is 3. The summed E-state index contributed by atoms with van der Waals surface area (Å²) in [5.74, 6) is 0.759. The Morgan fingerprint density at radius 2 is 2.00 bits per heavy atom. The fourth-order valence-electron chi connectivity index (χ4n) is 2.89. The number of carbonyl (C=O) groups excluding carboxylic acids is 1. The van der Waals surface area contributed by atoms with Crippen molar-refractivity contribution in [2.45, 2.75) is 18.9 Å². The van der Waals surface area contributed by atoms with E-state index in [4.69, 9.17) is 4.74 Å². The van der Waals surface area contributed by atoms with Gasteiger partial charge in [0.25, 0.3) is 5.91 Å². The summed E-state index contributed by atoms with van der Waals surface area (Å²) in [6, 6.07) is 10.9. The van der Waals surface area contributed by atoms with Crippen molar-refractivity contribution in [3.63, 3.8) is 0 Å². The van der Waals surface area contributed by atoms with Crippen LogP contribution in [0, 0.1) is 0 Å². The van der Waals surface area contributed by atoms with Crippen LogP contribution in [-0.4, -0.2) is 29.4 Å². The van der Waals surface area contributed by atoms with Crippen LogP contribution in [0.2, 0.25) is 0 Å². The van der Waals surface area contributed by atoms with Crippen molar-refractivity contribution in [1.82, 2.24) is 9.88 Å². The molecule has 0 spiro atoms. The van der Waals surface area contributed by atoms with E-state index in [1.165, 1.54) is 12.3 Å². The summed E-state index contributed by atoms with van der Waals surface area (Å²) in [5.41, 5.74) is 1.42. The van der Waals surface area contributed by atoms with Crippen molar-refractivity contribution in [1.29, 1.82) is 0 Å². The molecule has 1 aliphatic rings. The molecule has 5 nitrogen and oxygen atoms in total. The van der Waals surface area contributed by atoms with Gasteiger partial charge in [0.1, 0.15) is 5.75 Å². The monoisotopic (exact) mass is 298 g/mol. The second kappa shape index (κ2) is 6.05. The van der Waals surface area contributed by atoms with Gasteiger partial charge in [-0.15, -0.1) is 0 Å². The summed E-state index contributed by atoms with van der Waals surface area (Å²) in [4.78, 5) is 28.2. The zero-order chi connectivity index (χ0) is 15.5. The molecule has 22 heavy (non-hydrogen) atoms. The number of nitrogens with one attached hydrogen (secondary N) is 1. The largest absolute Gasteiger partial charge is 0.497 e. The number of amides is 1. The summed E-state index contributed by atoms with van der Waals surface area (Å²) in [5, 5.41) is 0. The number of pyridine rings is 1. The number of hydrogen-bond donors (Lipinski definition) is 1. The summed E-state index contributed by atoms with van der Waals surface area (Å²) in [7, 11) is 1.64. The third kappa shape index (κ3) is 2.74. The lowest BCUT2D eigenvalue weighted by Gasteiger charge is -2.25. The van der Waals surface area contributed by atoms with Crippen molar-refractivity contribution < 1.29 is 9.53 Å². The van der Waals surface area contributed by atoms with Crippen LogP contribution in [0.25, 0.3) is 0 Å². The molecule has 2 aromatic rings. The lowest BCUT2D eigenvalue weighted by Crippen LogP contribution is -2.31. The zero-order valence-corrected chi connectivity index (χ0v) is 12.4. The Labute approximate surface area is 128 Å². The molecule has 1 fully saturated rings. The van der Waals surface area contributed by atoms with Gasteiger partial charge in [-0.3, -0.25) is 9.59 Å². The number of nitrogens with zero attached hydrogens (tertiary/aromatic N) is 1. The normalized spacial score (nSPS) is 17.5. The SMILES string of the molecule is COc1ccc([C@H]2CCCN2C(=O)c2ccc(=O)[nH]c2)cc1. The molecule has 0 radical (unpaired) electrons. The number of methoxy groups -OCH3 is 1. The summed E-state index contributed by atoms with van der Waals surface area (Å²) in [6.07, 6.45) is 3.40. The molecule has 2 heterocycles. The molecule has 0 unspecified atom stereocenters. The highest BCUT2D eigenvalue weighted by Crippen LogP contribution is 2.33. The van der Waals surface area contributed by atoms with Crippen molar-refractivity contribution in [2.24, 2.45) is 0 Å². The fourth-order valence-corrected chi connectivity index (χ4v) is 2.89. The molecule has 3 rings (SSSR count). The molecule has 1 saturated heterocycles. The van der Waals surface area contributed by atoms with Crippen LogP contribution >= 0.6 is 0 Å². The maximum Gasteiger partial charge on any atom is 0.255 e. The Hall–Kier alpha value is -2.56. The summed E-state index contributed by atoms with van der Waals surface area (Å²) in [6.45, 7) is 0.731. The Bertz CT molecular complexity index is 701. The van der Waals surface area contributed by atoms with E-state index in [1.54, 1.807) is 13.2 Å². The van der Waals surface area contributed by atoms with Crippen LogP contribution in [0.1, 0.15) is 34.8 Å². The minimum Gasteiger partial charge on any atom is -0.497 e. The average molecular weight is 298 g/mol. The number of H-pyrrole nitrogens is 1.